The van der Waals surface area contributed by atoms with E-state index < -0.39 is 48.0 Å². The number of nitrogens with one attached hydrogen (secondary N) is 6. The first-order valence-corrected chi connectivity index (χ1v) is 28.5. The van der Waals surface area contributed by atoms with E-state index in [9.17, 15) is 38.7 Å². The van der Waals surface area contributed by atoms with Gasteiger partial charge in [0.25, 0.3) is 0 Å². The number of aliphatic carboxylic acids is 1. The van der Waals surface area contributed by atoms with Gasteiger partial charge in [-0.1, -0.05) is 40.5 Å². The van der Waals surface area contributed by atoms with E-state index in [1.165, 1.54) is 0 Å². The molecule has 4 aliphatic carbocycles. The van der Waals surface area contributed by atoms with Gasteiger partial charge in [0.05, 0.1) is 79.3 Å². The van der Waals surface area contributed by atoms with E-state index in [0.717, 1.165) is 12.8 Å². The van der Waals surface area contributed by atoms with Crippen molar-refractivity contribution in [2.75, 3.05) is 119 Å². The summed E-state index contributed by atoms with van der Waals surface area (Å²) < 4.78 is 52.6. The normalized spacial score (nSPS) is 25.6. The van der Waals surface area contributed by atoms with Crippen LogP contribution in [0.5, 0.6) is 0 Å². The Bertz CT molecular complexity index is 2070. The zero-order valence-corrected chi connectivity index (χ0v) is 51.3. The minimum atomic E-state index is -1.12. The van der Waals surface area contributed by atoms with E-state index in [-0.39, 0.29) is 147 Å². The van der Waals surface area contributed by atoms with Gasteiger partial charge < -0.3 is 84.4 Å². The molecule has 4 saturated carbocycles. The number of hydrogen-bond acceptors (Lipinski definition) is 17. The summed E-state index contributed by atoms with van der Waals surface area (Å²) in [6.07, 6.45) is 1.36. The Morgan fingerprint density at radius 3 is 1.36 bits per heavy atom. The molecule has 0 aromatic heterocycles. The average Bonchev–Trinajstić information content (AvgIpc) is 3.89. The molecule has 24 heteroatoms. The Morgan fingerprint density at radius 2 is 0.938 bits per heavy atom. The van der Waals surface area contributed by atoms with Gasteiger partial charge >= 0.3 is 47.8 Å². The van der Waals surface area contributed by atoms with Gasteiger partial charge in [0, 0.05) is 73.3 Å². The Hall–Kier alpha value is -4.33. The molecule has 4 rings (SSSR count). The number of alkyl carbamates (subject to hydrolysis) is 3. The second kappa shape index (κ2) is 37.1. The minimum absolute atomic E-state index is 0. The van der Waals surface area contributed by atoms with E-state index >= 15 is 0 Å². The van der Waals surface area contributed by atoms with Crippen molar-refractivity contribution in [2.24, 2.45) is 46.3 Å². The molecule has 0 saturated heterocycles. The van der Waals surface area contributed by atoms with Crippen LogP contribution in [0.1, 0.15) is 99.3 Å². The SMILES string of the molecule is C=C(C)C(=O)NCCOCCOCCNC(=O)O[C@@H]1CC[C@@]2(C)C(C1)C[C@@H](OC(=O)NCCOCCOCCNC(=O)C(=C)C)[C@H]1[C@@H]3CC[C@H]([C@H](C)CCC(=O)[O-])[C@@]3(C)[C@@H](OC(=O)NCCOCCOCCNC(=O)C(=C)C)C[C@@H]12.[Na+]. The predicted octanol–water partition coefficient (Wildman–Crippen LogP) is 0.496. The van der Waals surface area contributed by atoms with E-state index in [2.05, 4.69) is 72.4 Å². The van der Waals surface area contributed by atoms with Crippen LogP contribution >= 0.6 is 0 Å². The van der Waals surface area contributed by atoms with E-state index in [0.29, 0.717) is 121 Å². The zero-order chi connectivity index (χ0) is 58.7. The molecule has 1 unspecified atom stereocenters. The fraction of sp³-hybridized carbons (Fsp3) is 0.772. The summed E-state index contributed by atoms with van der Waals surface area (Å²) >= 11 is 0. The maximum atomic E-state index is 13.9. The number of carboxylic acids is 1. The molecule has 0 aromatic carbocycles. The molecule has 4 fully saturated rings. The van der Waals surface area contributed by atoms with Crippen LogP contribution in [0.25, 0.3) is 0 Å². The second-order valence-electron chi connectivity index (χ2n) is 22.1. The minimum Gasteiger partial charge on any atom is -0.550 e. The topological polar surface area (TPSA) is 298 Å². The molecule has 23 nitrogen and oxygen atoms in total. The summed E-state index contributed by atoms with van der Waals surface area (Å²) in [4.78, 5) is 87.6. The number of fused-ring (bicyclic) bond motifs is 5. The summed E-state index contributed by atoms with van der Waals surface area (Å²) in [5.74, 6) is -2.21. The van der Waals surface area contributed by atoms with E-state index in [1.54, 1.807) is 20.8 Å². The van der Waals surface area contributed by atoms with Gasteiger partial charge in [-0.05, 0) is 114 Å². The van der Waals surface area contributed by atoms with Crippen molar-refractivity contribution >= 4 is 42.0 Å². The van der Waals surface area contributed by atoms with Crippen LogP contribution in [0, 0.1) is 46.3 Å². The molecule has 0 heterocycles. The van der Waals surface area contributed by atoms with Gasteiger partial charge in [0.2, 0.25) is 17.7 Å². The van der Waals surface area contributed by atoms with Crippen LogP contribution < -0.4 is 66.6 Å². The maximum absolute atomic E-state index is 13.9. The second-order valence-corrected chi connectivity index (χ2v) is 22.1. The van der Waals surface area contributed by atoms with E-state index in [1.807, 2.05) is 0 Å². The fourth-order valence-electron chi connectivity index (χ4n) is 12.4. The van der Waals surface area contributed by atoms with Crippen molar-refractivity contribution in [2.45, 2.75) is 118 Å². The smallest absolute Gasteiger partial charge is 0.550 e. The number of rotatable bonds is 37. The predicted molar refractivity (Wildman–Crippen MR) is 293 cm³/mol. The maximum Gasteiger partial charge on any atom is 1.00 e. The summed E-state index contributed by atoms with van der Waals surface area (Å²) in [6.45, 7) is 27.1. The molecule has 81 heavy (non-hydrogen) atoms. The summed E-state index contributed by atoms with van der Waals surface area (Å²) in [7, 11) is 0. The summed E-state index contributed by atoms with van der Waals surface area (Å²) in [6, 6.07) is 0. The zero-order valence-electron chi connectivity index (χ0n) is 49.3. The van der Waals surface area contributed by atoms with Crippen molar-refractivity contribution in [3.05, 3.63) is 36.5 Å². The molecule has 6 N–H and O–H groups in total. The largest absolute Gasteiger partial charge is 1.00 e. The van der Waals surface area contributed by atoms with Crippen molar-refractivity contribution < 1.29 is 111 Å². The van der Waals surface area contributed by atoms with Crippen LogP contribution in [-0.4, -0.2) is 179 Å². The number of carbonyl (C=O) groups is 7. The molecule has 0 radical (unpaired) electrons. The van der Waals surface area contributed by atoms with Crippen LogP contribution in [0.3, 0.4) is 0 Å². The number of ether oxygens (including phenoxy) is 9. The van der Waals surface area contributed by atoms with Gasteiger partial charge in [-0.15, -0.1) is 0 Å². The first-order chi connectivity index (χ1) is 38.2. The number of amides is 6. The van der Waals surface area contributed by atoms with Crippen molar-refractivity contribution in [3.63, 3.8) is 0 Å². The molecule has 454 valence electrons. The Labute approximate surface area is 501 Å². The van der Waals surface area contributed by atoms with Crippen molar-refractivity contribution in [1.82, 2.24) is 31.9 Å². The molecule has 6 amide bonds. The van der Waals surface area contributed by atoms with E-state index in [4.69, 9.17) is 42.6 Å². The number of carboxylic acid groups (broad SMARTS) is 1. The van der Waals surface area contributed by atoms with Gasteiger partial charge in [-0.25, -0.2) is 14.4 Å². The molecule has 0 aromatic rings. The third-order valence-corrected chi connectivity index (χ3v) is 16.4. The first-order valence-electron chi connectivity index (χ1n) is 28.5. The Balaban J connectivity index is 0.0000172. The molecular weight excluding hydrogens is 1060 g/mol. The Morgan fingerprint density at radius 1 is 0.531 bits per heavy atom. The monoisotopic (exact) mass is 1160 g/mol. The quantitative estimate of drug-likeness (QED) is 0.0214. The molecule has 4 aliphatic rings. The Kier molecular flexibility index (Phi) is 32.5. The van der Waals surface area contributed by atoms with Gasteiger partial charge in [-0.3, -0.25) is 14.4 Å². The first kappa shape index (κ1) is 70.9. The van der Waals surface area contributed by atoms with Crippen molar-refractivity contribution in [3.8, 4) is 0 Å². The number of hydrogen-bond donors (Lipinski definition) is 6. The van der Waals surface area contributed by atoms with Gasteiger partial charge in [0.15, 0.2) is 0 Å². The summed E-state index contributed by atoms with van der Waals surface area (Å²) in [5, 5.41) is 28.4. The van der Waals surface area contributed by atoms with Crippen LogP contribution in [-0.2, 0) is 61.8 Å². The van der Waals surface area contributed by atoms with Crippen LogP contribution in [0.4, 0.5) is 14.4 Å². The standard InChI is InChI=1S/C57H94N6O17.Na/c1-37(2)50(66)58-16-22-72-28-31-75-25-19-61-53(69)78-42-14-15-56(8)41(34-42)35-46(79-54(70)62-20-26-76-32-29-73-23-17-59-51(67)38(3)4)49-44-12-11-43(40(7)10-13-48(64)65)57(44,9)47(36-45(49)56)80-55(71)63-21-27-77-33-30-74-24-18-60-52(68)39(5)6;/h40-47,49H,1,3,5,10-36H2,2,4,6-9H3,(H,58,66)(H,59,67)(H,60,68)(H,61,69)(H,62,70)(H,63,71)(H,64,65);/q;+1/p-1/t40-,41?,42-,43-,44+,45+,46-,47+,49+,56+,57-;/m1./s1. The third-order valence-electron chi connectivity index (χ3n) is 16.4. The molecule has 0 spiro atoms. The fourth-order valence-corrected chi connectivity index (χ4v) is 12.4. The molecule has 0 bridgehead atoms. The van der Waals surface area contributed by atoms with Gasteiger partial charge in [0.1, 0.15) is 18.3 Å². The van der Waals surface area contributed by atoms with Crippen LogP contribution in [0.2, 0.25) is 0 Å². The summed E-state index contributed by atoms with van der Waals surface area (Å²) in [5.41, 5.74) is 0.312. The van der Waals surface area contributed by atoms with Gasteiger partial charge in [-0.2, -0.15) is 0 Å². The number of carbonyl (C=O) groups excluding carboxylic acids is 7. The third kappa shape index (κ3) is 23.3. The molecule has 0 aliphatic heterocycles. The molecular formula is C57H93N6NaO17. The van der Waals surface area contributed by atoms with Crippen LogP contribution in [0.15, 0.2) is 36.5 Å². The molecule has 11 atom stereocenters. The van der Waals surface area contributed by atoms with Crippen molar-refractivity contribution in [1.29, 1.82) is 0 Å². The average molecular weight is 1160 g/mol.